The number of unbranched alkanes of at least 4 members (excludes halogenated alkanes) is 2. The second-order valence-electron chi connectivity index (χ2n) is 4.39. The first-order valence-corrected chi connectivity index (χ1v) is 6.25. The van der Waals surface area contributed by atoms with Crippen molar-refractivity contribution in [2.24, 2.45) is 0 Å². The lowest BCUT2D eigenvalue weighted by atomic mass is 9.98. The maximum atomic E-state index is 12.6. The number of benzene rings is 1. The van der Waals surface area contributed by atoms with E-state index in [1.54, 1.807) is 6.08 Å². The summed E-state index contributed by atoms with van der Waals surface area (Å²) in [7, 11) is 0. The molecular formula is C15H17F3O. The second-order valence-corrected chi connectivity index (χ2v) is 4.39. The average Bonchev–Trinajstić information content (AvgIpc) is 2.33. The number of alkyl halides is 3. The summed E-state index contributed by atoms with van der Waals surface area (Å²) in [4.78, 5) is 11.6. The minimum absolute atomic E-state index is 0.213. The van der Waals surface area contributed by atoms with Crippen molar-refractivity contribution >= 4 is 11.4 Å². The molecule has 0 N–H and O–H groups in total. The van der Waals surface area contributed by atoms with Crippen LogP contribution in [-0.4, -0.2) is 5.78 Å². The molecule has 0 fully saturated rings. The molecule has 4 heteroatoms. The van der Waals surface area contributed by atoms with Gasteiger partial charge >= 0.3 is 6.18 Å². The summed E-state index contributed by atoms with van der Waals surface area (Å²) in [6.45, 7) is 3.39. The molecular weight excluding hydrogens is 253 g/mol. The van der Waals surface area contributed by atoms with Gasteiger partial charge in [-0.1, -0.05) is 38.0 Å². The van der Waals surface area contributed by atoms with Crippen LogP contribution in [0, 0.1) is 0 Å². The molecule has 0 spiro atoms. The van der Waals surface area contributed by atoms with E-state index in [1.807, 2.05) is 6.92 Å². The van der Waals surface area contributed by atoms with Crippen LogP contribution in [-0.2, 0) is 11.0 Å². The van der Waals surface area contributed by atoms with Crippen molar-refractivity contribution in [2.75, 3.05) is 0 Å². The van der Waals surface area contributed by atoms with Gasteiger partial charge in [0.1, 0.15) is 0 Å². The van der Waals surface area contributed by atoms with Gasteiger partial charge < -0.3 is 0 Å². The van der Waals surface area contributed by atoms with Crippen molar-refractivity contribution in [2.45, 2.75) is 39.3 Å². The maximum Gasteiger partial charge on any atom is 0.416 e. The fourth-order valence-corrected chi connectivity index (χ4v) is 1.78. The lowest BCUT2D eigenvalue weighted by Gasteiger charge is -2.10. The first-order chi connectivity index (χ1) is 8.86. The largest absolute Gasteiger partial charge is 0.416 e. The van der Waals surface area contributed by atoms with Crippen LogP contribution >= 0.6 is 0 Å². The quantitative estimate of drug-likeness (QED) is 0.551. The number of carbonyl (C=O) groups excluding carboxylic acids is 1. The van der Waals surface area contributed by atoms with Crippen LogP contribution in [0.25, 0.3) is 5.57 Å². The summed E-state index contributed by atoms with van der Waals surface area (Å²) in [5, 5.41) is 0. The van der Waals surface area contributed by atoms with Crippen LogP contribution in [0.2, 0.25) is 0 Å². The third-order valence-corrected chi connectivity index (χ3v) is 2.79. The van der Waals surface area contributed by atoms with Gasteiger partial charge in [0.2, 0.25) is 0 Å². The molecule has 0 amide bonds. The van der Waals surface area contributed by atoms with Gasteiger partial charge in [-0.2, -0.15) is 13.2 Å². The van der Waals surface area contributed by atoms with Gasteiger partial charge in [-0.05, 0) is 31.0 Å². The molecule has 104 valence electrons. The molecule has 0 saturated carbocycles. The van der Waals surface area contributed by atoms with Crippen LogP contribution in [0.3, 0.4) is 0 Å². The van der Waals surface area contributed by atoms with Crippen LogP contribution in [0.15, 0.2) is 30.3 Å². The molecule has 0 aliphatic heterocycles. The first-order valence-electron chi connectivity index (χ1n) is 6.25. The molecule has 0 aromatic heterocycles. The minimum Gasteiger partial charge on any atom is -0.295 e. The lowest BCUT2D eigenvalue weighted by molar-refractivity contribution is -0.137. The van der Waals surface area contributed by atoms with Gasteiger partial charge in [0.25, 0.3) is 0 Å². The van der Waals surface area contributed by atoms with Crippen molar-refractivity contribution < 1.29 is 18.0 Å². The number of Topliss-reactive ketones (excluding diaryl/α,β-unsaturated/α-hetero) is 1. The van der Waals surface area contributed by atoms with Crippen molar-refractivity contribution in [1.29, 1.82) is 0 Å². The molecule has 0 radical (unpaired) electrons. The Labute approximate surface area is 111 Å². The number of ketones is 1. The zero-order valence-electron chi connectivity index (χ0n) is 11.1. The molecule has 1 rings (SSSR count). The van der Waals surface area contributed by atoms with E-state index < -0.39 is 11.7 Å². The van der Waals surface area contributed by atoms with Gasteiger partial charge in [0, 0.05) is 5.57 Å². The fraction of sp³-hybridized carbons (Fsp3) is 0.400. The van der Waals surface area contributed by atoms with Crippen molar-refractivity contribution in [3.63, 3.8) is 0 Å². The van der Waals surface area contributed by atoms with E-state index in [0.717, 1.165) is 25.0 Å². The third kappa shape index (κ3) is 4.54. The first kappa shape index (κ1) is 15.5. The molecule has 1 nitrogen and oxygen atoms in total. The third-order valence-electron chi connectivity index (χ3n) is 2.79. The highest BCUT2D eigenvalue weighted by molar-refractivity contribution is 6.19. The zero-order chi connectivity index (χ0) is 14.5. The molecule has 0 saturated heterocycles. The van der Waals surface area contributed by atoms with Crippen molar-refractivity contribution in [3.8, 4) is 0 Å². The lowest BCUT2D eigenvalue weighted by Crippen LogP contribution is -2.06. The highest BCUT2D eigenvalue weighted by Crippen LogP contribution is 2.31. The van der Waals surface area contributed by atoms with Crippen LogP contribution < -0.4 is 0 Å². The second kappa shape index (κ2) is 6.55. The summed E-state index contributed by atoms with van der Waals surface area (Å²) in [5.74, 6) is -0.213. The summed E-state index contributed by atoms with van der Waals surface area (Å²) >= 11 is 0. The minimum atomic E-state index is -4.39. The topological polar surface area (TPSA) is 17.1 Å². The Morgan fingerprint density at radius 2 is 2.00 bits per heavy atom. The van der Waals surface area contributed by atoms with E-state index in [4.69, 9.17) is 0 Å². The number of allylic oxidation sites excluding steroid dienone is 2. The van der Waals surface area contributed by atoms with Gasteiger partial charge in [0.05, 0.1) is 5.56 Å². The predicted octanol–water partition coefficient (Wildman–Crippen LogP) is 4.87. The summed E-state index contributed by atoms with van der Waals surface area (Å²) in [6, 6.07) is 4.90. The van der Waals surface area contributed by atoms with E-state index in [0.29, 0.717) is 17.6 Å². The number of rotatable bonds is 5. The Bertz CT molecular complexity index is 473. The standard InChI is InChI=1S/C15H17F3O/c1-3-4-5-9-14(11(2)19)12-7-6-8-13(10-12)15(16,17)18/h6-10H,3-5H2,1-2H3/b14-9-. The van der Waals surface area contributed by atoms with Crippen LogP contribution in [0.1, 0.15) is 44.2 Å². The van der Waals surface area contributed by atoms with Gasteiger partial charge in [-0.3, -0.25) is 4.79 Å². The summed E-state index contributed by atoms with van der Waals surface area (Å²) in [5.41, 5.74) is -0.0365. The molecule has 1 aromatic carbocycles. The Kier molecular flexibility index (Phi) is 5.33. The van der Waals surface area contributed by atoms with Crippen molar-refractivity contribution in [1.82, 2.24) is 0 Å². The van der Waals surface area contributed by atoms with E-state index in [1.165, 1.54) is 19.1 Å². The Balaban J connectivity index is 3.10. The molecule has 0 aliphatic rings. The van der Waals surface area contributed by atoms with Crippen LogP contribution in [0.4, 0.5) is 13.2 Å². The van der Waals surface area contributed by atoms with E-state index in [-0.39, 0.29) is 5.78 Å². The van der Waals surface area contributed by atoms with Gasteiger partial charge in [-0.25, -0.2) is 0 Å². The van der Waals surface area contributed by atoms with E-state index in [2.05, 4.69) is 0 Å². The molecule has 0 unspecified atom stereocenters. The molecule has 0 atom stereocenters. The Morgan fingerprint density at radius 3 is 2.53 bits per heavy atom. The Hall–Kier alpha value is -1.58. The average molecular weight is 270 g/mol. The van der Waals surface area contributed by atoms with Gasteiger partial charge in [0.15, 0.2) is 5.78 Å². The molecule has 0 aliphatic carbocycles. The van der Waals surface area contributed by atoms with Crippen LogP contribution in [0.5, 0.6) is 0 Å². The Morgan fingerprint density at radius 1 is 1.32 bits per heavy atom. The smallest absolute Gasteiger partial charge is 0.295 e. The van der Waals surface area contributed by atoms with E-state index >= 15 is 0 Å². The molecule has 0 bridgehead atoms. The number of hydrogen-bond donors (Lipinski definition) is 0. The highest BCUT2D eigenvalue weighted by Gasteiger charge is 2.30. The number of halogens is 3. The normalized spacial score (nSPS) is 12.6. The SMILES string of the molecule is CCCC/C=C(/C(C)=O)c1cccc(C(F)(F)F)c1. The number of carbonyl (C=O) groups is 1. The van der Waals surface area contributed by atoms with E-state index in [9.17, 15) is 18.0 Å². The zero-order valence-corrected chi connectivity index (χ0v) is 11.1. The fourth-order valence-electron chi connectivity index (χ4n) is 1.78. The molecule has 19 heavy (non-hydrogen) atoms. The molecule has 1 aromatic rings. The predicted molar refractivity (Wildman–Crippen MR) is 69.6 cm³/mol. The monoisotopic (exact) mass is 270 g/mol. The molecule has 0 heterocycles. The maximum absolute atomic E-state index is 12.6. The summed E-state index contributed by atoms with van der Waals surface area (Å²) in [6.07, 6.45) is -0.0790. The summed E-state index contributed by atoms with van der Waals surface area (Å²) < 4.78 is 37.9. The highest BCUT2D eigenvalue weighted by atomic mass is 19.4. The number of hydrogen-bond acceptors (Lipinski definition) is 1. The van der Waals surface area contributed by atoms with Gasteiger partial charge in [-0.15, -0.1) is 0 Å². The van der Waals surface area contributed by atoms with Crippen molar-refractivity contribution in [3.05, 3.63) is 41.5 Å².